The highest BCUT2D eigenvalue weighted by Crippen LogP contribution is 2.26. The third kappa shape index (κ3) is 2.96. The first kappa shape index (κ1) is 12.2. The maximum atomic E-state index is 5.34. The monoisotopic (exact) mass is 272 g/mol. The smallest absolute Gasteiger partial charge is 0.183 e. The Labute approximate surface area is 116 Å². The molecule has 1 N–H and O–H groups in total. The van der Waals surface area contributed by atoms with Gasteiger partial charge in [0.05, 0.1) is 16.5 Å². The molecule has 0 aliphatic carbocycles. The van der Waals surface area contributed by atoms with E-state index in [0.717, 1.165) is 29.3 Å². The number of thiazole rings is 1. The third-order valence-electron chi connectivity index (χ3n) is 3.07. The molecule has 0 radical (unpaired) electrons. The van der Waals surface area contributed by atoms with Gasteiger partial charge < -0.3 is 9.73 Å². The molecule has 0 bridgehead atoms. The summed E-state index contributed by atoms with van der Waals surface area (Å²) >= 11 is 1.70. The predicted molar refractivity (Wildman–Crippen MR) is 79.7 cm³/mol. The zero-order chi connectivity index (χ0) is 13.1. The Morgan fingerprint density at radius 2 is 2.16 bits per heavy atom. The summed E-state index contributed by atoms with van der Waals surface area (Å²) in [6.07, 6.45) is 3.70. The molecule has 3 rings (SSSR count). The lowest BCUT2D eigenvalue weighted by Crippen LogP contribution is -2.15. The number of anilines is 1. The molecule has 3 aromatic rings. The summed E-state index contributed by atoms with van der Waals surface area (Å²) < 4.78 is 6.57. The molecule has 0 saturated carbocycles. The largest absolute Gasteiger partial charge is 0.469 e. The van der Waals surface area contributed by atoms with Crippen molar-refractivity contribution in [3.05, 3.63) is 48.4 Å². The lowest BCUT2D eigenvalue weighted by Gasteiger charge is -2.11. The van der Waals surface area contributed by atoms with Crippen LogP contribution in [-0.2, 0) is 6.42 Å². The fourth-order valence-corrected chi connectivity index (χ4v) is 3.01. The van der Waals surface area contributed by atoms with Crippen LogP contribution in [0, 0.1) is 0 Å². The van der Waals surface area contributed by atoms with Crippen LogP contribution < -0.4 is 5.32 Å². The Kier molecular flexibility index (Phi) is 3.51. The number of nitrogens with one attached hydrogen (secondary N) is 1. The van der Waals surface area contributed by atoms with Crippen molar-refractivity contribution in [3.8, 4) is 0 Å². The first-order valence-corrected chi connectivity index (χ1v) is 7.27. The highest BCUT2D eigenvalue weighted by molar-refractivity contribution is 7.22. The first-order chi connectivity index (χ1) is 9.31. The van der Waals surface area contributed by atoms with Crippen molar-refractivity contribution in [2.24, 2.45) is 0 Å². The quantitative estimate of drug-likeness (QED) is 0.751. The number of hydrogen-bond acceptors (Lipinski definition) is 4. The minimum Gasteiger partial charge on any atom is -0.469 e. The topological polar surface area (TPSA) is 38.1 Å². The van der Waals surface area contributed by atoms with E-state index in [4.69, 9.17) is 4.42 Å². The Balaban J connectivity index is 1.60. The fraction of sp³-hybridized carbons (Fsp3) is 0.267. The Bertz CT molecular complexity index is 612. The van der Waals surface area contributed by atoms with Gasteiger partial charge in [0.25, 0.3) is 0 Å². The van der Waals surface area contributed by atoms with Gasteiger partial charge in [0.2, 0.25) is 0 Å². The standard InChI is InChI=1S/C15H16N2OS/c1-11(8-9-12-5-4-10-18-12)16-15-17-13-6-2-3-7-14(13)19-15/h2-7,10-11H,8-9H2,1H3,(H,16,17). The number of para-hydroxylation sites is 1. The zero-order valence-electron chi connectivity index (χ0n) is 10.8. The fourth-order valence-electron chi connectivity index (χ4n) is 2.03. The van der Waals surface area contributed by atoms with E-state index in [9.17, 15) is 0 Å². The van der Waals surface area contributed by atoms with Crippen LogP contribution in [0.15, 0.2) is 47.1 Å². The predicted octanol–water partition coefficient (Wildman–Crippen LogP) is 4.32. The van der Waals surface area contributed by atoms with Crippen LogP contribution in [0.5, 0.6) is 0 Å². The van der Waals surface area contributed by atoms with E-state index in [1.165, 1.54) is 4.70 Å². The van der Waals surface area contributed by atoms with E-state index in [2.05, 4.69) is 23.3 Å². The lowest BCUT2D eigenvalue weighted by atomic mass is 10.1. The van der Waals surface area contributed by atoms with Crippen molar-refractivity contribution in [1.82, 2.24) is 4.98 Å². The van der Waals surface area contributed by atoms with Crippen LogP contribution in [0.2, 0.25) is 0 Å². The number of fused-ring (bicyclic) bond motifs is 1. The second kappa shape index (κ2) is 5.45. The highest BCUT2D eigenvalue weighted by atomic mass is 32.1. The summed E-state index contributed by atoms with van der Waals surface area (Å²) in [5, 5.41) is 4.45. The molecule has 0 saturated heterocycles. The van der Waals surface area contributed by atoms with Gasteiger partial charge in [0, 0.05) is 12.5 Å². The van der Waals surface area contributed by atoms with E-state index < -0.39 is 0 Å². The Hall–Kier alpha value is -1.81. The number of furan rings is 1. The SMILES string of the molecule is CC(CCc1ccco1)Nc1nc2ccccc2s1. The van der Waals surface area contributed by atoms with E-state index in [0.29, 0.717) is 6.04 Å². The number of rotatable bonds is 5. The van der Waals surface area contributed by atoms with Crippen molar-refractivity contribution in [1.29, 1.82) is 0 Å². The van der Waals surface area contributed by atoms with Gasteiger partial charge in [-0.05, 0) is 37.6 Å². The van der Waals surface area contributed by atoms with Crippen molar-refractivity contribution in [3.63, 3.8) is 0 Å². The summed E-state index contributed by atoms with van der Waals surface area (Å²) in [7, 11) is 0. The molecule has 4 heteroatoms. The van der Waals surface area contributed by atoms with E-state index >= 15 is 0 Å². The van der Waals surface area contributed by atoms with Crippen LogP contribution >= 0.6 is 11.3 Å². The molecule has 2 heterocycles. The number of benzene rings is 1. The Morgan fingerprint density at radius 3 is 2.95 bits per heavy atom. The van der Waals surface area contributed by atoms with Gasteiger partial charge in [0.15, 0.2) is 5.13 Å². The van der Waals surface area contributed by atoms with Gasteiger partial charge in [-0.3, -0.25) is 0 Å². The molecule has 1 aromatic carbocycles. The summed E-state index contributed by atoms with van der Waals surface area (Å²) in [5.74, 6) is 1.04. The molecule has 0 fully saturated rings. The summed E-state index contributed by atoms with van der Waals surface area (Å²) in [5.41, 5.74) is 1.06. The normalized spacial score (nSPS) is 12.7. The van der Waals surface area contributed by atoms with E-state index in [1.54, 1.807) is 17.6 Å². The van der Waals surface area contributed by atoms with Gasteiger partial charge in [-0.1, -0.05) is 23.5 Å². The van der Waals surface area contributed by atoms with Gasteiger partial charge >= 0.3 is 0 Å². The molecular weight excluding hydrogens is 256 g/mol. The molecule has 1 atom stereocenters. The van der Waals surface area contributed by atoms with Crippen molar-refractivity contribution in [2.75, 3.05) is 5.32 Å². The average Bonchev–Trinajstić information content (AvgIpc) is 3.04. The van der Waals surface area contributed by atoms with Crippen LogP contribution in [0.25, 0.3) is 10.2 Å². The van der Waals surface area contributed by atoms with Crippen LogP contribution in [0.1, 0.15) is 19.1 Å². The maximum Gasteiger partial charge on any atom is 0.183 e. The molecule has 0 spiro atoms. The van der Waals surface area contributed by atoms with Crippen LogP contribution in [0.3, 0.4) is 0 Å². The van der Waals surface area contributed by atoms with Crippen molar-refractivity contribution >= 4 is 26.7 Å². The second-order valence-corrected chi connectivity index (χ2v) is 5.68. The molecule has 3 nitrogen and oxygen atoms in total. The maximum absolute atomic E-state index is 5.34. The molecular formula is C15H16N2OS. The molecule has 0 aliphatic rings. The number of aryl methyl sites for hydroxylation is 1. The van der Waals surface area contributed by atoms with Crippen LogP contribution in [0.4, 0.5) is 5.13 Å². The molecule has 0 aliphatic heterocycles. The minimum absolute atomic E-state index is 0.380. The zero-order valence-corrected chi connectivity index (χ0v) is 11.6. The summed E-state index contributed by atoms with van der Waals surface area (Å²) in [6, 6.07) is 12.5. The highest BCUT2D eigenvalue weighted by Gasteiger charge is 2.07. The molecule has 19 heavy (non-hydrogen) atoms. The molecule has 0 amide bonds. The van der Waals surface area contributed by atoms with Crippen molar-refractivity contribution in [2.45, 2.75) is 25.8 Å². The average molecular weight is 272 g/mol. The van der Waals surface area contributed by atoms with E-state index in [-0.39, 0.29) is 0 Å². The van der Waals surface area contributed by atoms with Crippen LogP contribution in [-0.4, -0.2) is 11.0 Å². The molecule has 1 unspecified atom stereocenters. The summed E-state index contributed by atoms with van der Waals surface area (Å²) in [6.45, 7) is 2.18. The van der Waals surface area contributed by atoms with E-state index in [1.807, 2.05) is 30.3 Å². The summed E-state index contributed by atoms with van der Waals surface area (Å²) in [4.78, 5) is 4.58. The third-order valence-corrected chi connectivity index (χ3v) is 4.04. The van der Waals surface area contributed by atoms with Gasteiger partial charge in [-0.15, -0.1) is 0 Å². The first-order valence-electron chi connectivity index (χ1n) is 6.46. The molecule has 98 valence electrons. The number of nitrogens with zero attached hydrogens (tertiary/aromatic N) is 1. The van der Waals surface area contributed by atoms with Gasteiger partial charge in [-0.25, -0.2) is 4.98 Å². The molecule has 2 aromatic heterocycles. The number of aromatic nitrogens is 1. The minimum atomic E-state index is 0.380. The van der Waals surface area contributed by atoms with Gasteiger partial charge in [-0.2, -0.15) is 0 Å². The number of hydrogen-bond donors (Lipinski definition) is 1. The van der Waals surface area contributed by atoms with Crippen molar-refractivity contribution < 1.29 is 4.42 Å². The van der Waals surface area contributed by atoms with Gasteiger partial charge in [0.1, 0.15) is 5.76 Å². The Morgan fingerprint density at radius 1 is 1.26 bits per heavy atom. The second-order valence-electron chi connectivity index (χ2n) is 4.65. The lowest BCUT2D eigenvalue weighted by molar-refractivity contribution is 0.495.